The molecule has 1 N–H and O–H groups in total. The third-order valence-corrected chi connectivity index (χ3v) is 6.39. The summed E-state index contributed by atoms with van der Waals surface area (Å²) in [6, 6.07) is 6.57. The number of aliphatic imine (C=N–C) groups is 1. The molecule has 11 heteroatoms. The SMILES string of the molecule is O=C(O)c1cn(C2CC2)c2c(F)c(N3CCC(N=Cc4ccccc4[N+](=O)[O-])C3)c(F)cc2c1=O. The zero-order chi connectivity index (χ0) is 24.9. The van der Waals surface area contributed by atoms with E-state index in [1.165, 1.54) is 21.7 Å². The molecular formula is C24H20F2N4O5. The first-order valence-corrected chi connectivity index (χ1v) is 11.1. The van der Waals surface area contributed by atoms with E-state index in [2.05, 4.69) is 4.99 Å². The number of anilines is 1. The summed E-state index contributed by atoms with van der Waals surface area (Å²) < 4.78 is 32.3. The van der Waals surface area contributed by atoms with Crippen LogP contribution >= 0.6 is 0 Å². The second-order valence-corrected chi connectivity index (χ2v) is 8.72. The van der Waals surface area contributed by atoms with Crippen LogP contribution in [0.3, 0.4) is 0 Å². The number of nitrogens with zero attached hydrogens (tertiary/aromatic N) is 4. The van der Waals surface area contributed by atoms with Crippen molar-refractivity contribution in [3.8, 4) is 0 Å². The summed E-state index contributed by atoms with van der Waals surface area (Å²) in [5.74, 6) is -3.32. The topological polar surface area (TPSA) is 118 Å². The second-order valence-electron chi connectivity index (χ2n) is 8.72. The van der Waals surface area contributed by atoms with Gasteiger partial charge in [-0.3, -0.25) is 19.9 Å². The standard InChI is InChI=1S/C24H20F2N4O5/c25-18-9-16-21(29(15-5-6-15)12-17(23(16)31)24(32)33)20(26)22(18)28-8-7-14(11-28)27-10-13-3-1-2-4-19(13)30(34)35/h1-4,9-10,12,14-15H,5-8,11H2,(H,32,33). The van der Waals surface area contributed by atoms with Gasteiger partial charge in [-0.15, -0.1) is 0 Å². The van der Waals surface area contributed by atoms with E-state index >= 15 is 8.78 Å². The summed E-state index contributed by atoms with van der Waals surface area (Å²) in [7, 11) is 0. The number of fused-ring (bicyclic) bond motifs is 1. The summed E-state index contributed by atoms with van der Waals surface area (Å²) in [6.07, 6.45) is 4.42. The van der Waals surface area contributed by atoms with E-state index in [4.69, 9.17) is 0 Å². The number of nitro groups is 1. The van der Waals surface area contributed by atoms with Gasteiger partial charge in [0.05, 0.1) is 27.4 Å². The Hall–Kier alpha value is -4.15. The minimum Gasteiger partial charge on any atom is -0.477 e. The lowest BCUT2D eigenvalue weighted by Crippen LogP contribution is -2.25. The molecule has 1 saturated heterocycles. The number of carboxylic acid groups (broad SMARTS) is 1. The minimum absolute atomic E-state index is 0.0866. The number of pyridine rings is 1. The Morgan fingerprint density at radius 3 is 2.66 bits per heavy atom. The normalized spacial score (nSPS) is 18.0. The van der Waals surface area contributed by atoms with Crippen molar-refractivity contribution >= 4 is 34.5 Å². The fourth-order valence-electron chi connectivity index (χ4n) is 4.53. The van der Waals surface area contributed by atoms with E-state index in [-0.39, 0.29) is 40.9 Å². The Bertz CT molecular complexity index is 1460. The van der Waals surface area contributed by atoms with Crippen LogP contribution in [0.4, 0.5) is 20.2 Å². The Kier molecular flexibility index (Phi) is 5.54. The molecule has 0 radical (unpaired) electrons. The number of aromatic carboxylic acids is 1. The van der Waals surface area contributed by atoms with Crippen LogP contribution in [0.5, 0.6) is 0 Å². The number of aromatic nitrogens is 1. The van der Waals surface area contributed by atoms with Crippen LogP contribution in [0.15, 0.2) is 46.3 Å². The largest absolute Gasteiger partial charge is 0.477 e. The van der Waals surface area contributed by atoms with Gasteiger partial charge in [0.2, 0.25) is 5.43 Å². The van der Waals surface area contributed by atoms with Crippen molar-refractivity contribution < 1.29 is 23.6 Å². The number of nitro benzene ring substituents is 1. The molecule has 0 spiro atoms. The average molecular weight is 482 g/mol. The molecule has 2 fully saturated rings. The van der Waals surface area contributed by atoms with Crippen molar-refractivity contribution in [1.82, 2.24) is 4.57 Å². The van der Waals surface area contributed by atoms with Crippen LogP contribution in [0.25, 0.3) is 10.9 Å². The predicted octanol–water partition coefficient (Wildman–Crippen LogP) is 3.92. The van der Waals surface area contributed by atoms with Gasteiger partial charge in [0.25, 0.3) is 5.69 Å². The number of carboxylic acids is 1. The lowest BCUT2D eigenvalue weighted by Gasteiger charge is -2.22. The van der Waals surface area contributed by atoms with Crippen LogP contribution in [0.2, 0.25) is 0 Å². The summed E-state index contributed by atoms with van der Waals surface area (Å²) in [5, 5.41) is 20.3. The van der Waals surface area contributed by atoms with E-state index in [0.717, 1.165) is 12.3 Å². The van der Waals surface area contributed by atoms with E-state index < -0.39 is 33.5 Å². The third kappa shape index (κ3) is 4.02. The molecule has 0 amide bonds. The first-order valence-electron chi connectivity index (χ1n) is 11.1. The summed E-state index contributed by atoms with van der Waals surface area (Å²) >= 11 is 0. The average Bonchev–Trinajstić information content (AvgIpc) is 3.56. The Morgan fingerprint density at radius 1 is 1.23 bits per heavy atom. The lowest BCUT2D eigenvalue weighted by atomic mass is 10.1. The van der Waals surface area contributed by atoms with Crippen LogP contribution in [-0.2, 0) is 0 Å². The fourth-order valence-corrected chi connectivity index (χ4v) is 4.53. The molecule has 35 heavy (non-hydrogen) atoms. The zero-order valence-corrected chi connectivity index (χ0v) is 18.4. The molecule has 9 nitrogen and oxygen atoms in total. The fraction of sp³-hybridized carbons (Fsp3) is 0.292. The van der Waals surface area contributed by atoms with E-state index in [1.54, 1.807) is 18.2 Å². The van der Waals surface area contributed by atoms with Crippen molar-refractivity contribution in [2.24, 2.45) is 4.99 Å². The molecule has 1 aliphatic carbocycles. The Balaban J connectivity index is 1.50. The molecular weight excluding hydrogens is 462 g/mol. The number of para-hydroxylation sites is 1. The van der Waals surface area contributed by atoms with Gasteiger partial charge in [-0.1, -0.05) is 12.1 Å². The number of hydrogen-bond donors (Lipinski definition) is 1. The highest BCUT2D eigenvalue weighted by Crippen LogP contribution is 2.40. The zero-order valence-electron chi connectivity index (χ0n) is 18.4. The monoisotopic (exact) mass is 482 g/mol. The van der Waals surface area contributed by atoms with E-state index in [9.17, 15) is 24.8 Å². The maximum Gasteiger partial charge on any atom is 0.341 e. The van der Waals surface area contributed by atoms with Gasteiger partial charge in [0.15, 0.2) is 5.82 Å². The van der Waals surface area contributed by atoms with Gasteiger partial charge in [0, 0.05) is 37.6 Å². The van der Waals surface area contributed by atoms with Crippen LogP contribution in [0, 0.1) is 21.7 Å². The molecule has 0 bridgehead atoms. The van der Waals surface area contributed by atoms with Crippen molar-refractivity contribution in [3.63, 3.8) is 0 Å². The number of hydrogen-bond acceptors (Lipinski definition) is 6. The van der Waals surface area contributed by atoms with Crippen molar-refractivity contribution in [2.45, 2.75) is 31.3 Å². The van der Waals surface area contributed by atoms with E-state index in [1.807, 2.05) is 0 Å². The highest BCUT2D eigenvalue weighted by molar-refractivity contribution is 5.94. The van der Waals surface area contributed by atoms with Crippen LogP contribution in [-0.4, -0.2) is 45.9 Å². The quantitative estimate of drug-likeness (QED) is 0.323. The predicted molar refractivity (Wildman–Crippen MR) is 125 cm³/mol. The molecule has 2 aromatic carbocycles. The van der Waals surface area contributed by atoms with Gasteiger partial charge >= 0.3 is 5.97 Å². The molecule has 1 aromatic heterocycles. The molecule has 2 aliphatic rings. The Morgan fingerprint density at radius 2 is 1.97 bits per heavy atom. The van der Waals surface area contributed by atoms with Crippen molar-refractivity contribution in [3.05, 3.63) is 79.6 Å². The maximum absolute atomic E-state index is 15.8. The number of halogens is 2. The van der Waals surface area contributed by atoms with Gasteiger partial charge in [-0.25, -0.2) is 13.6 Å². The highest BCUT2D eigenvalue weighted by atomic mass is 19.1. The molecule has 1 aliphatic heterocycles. The summed E-state index contributed by atoms with van der Waals surface area (Å²) in [5.41, 5.74) is -1.61. The van der Waals surface area contributed by atoms with Gasteiger partial charge in [-0.05, 0) is 31.4 Å². The number of carbonyl (C=O) groups is 1. The van der Waals surface area contributed by atoms with Crippen molar-refractivity contribution in [1.29, 1.82) is 0 Å². The molecule has 2 heterocycles. The molecule has 5 rings (SSSR count). The Labute approximate surface area is 197 Å². The maximum atomic E-state index is 15.8. The number of benzene rings is 2. The molecule has 3 aromatic rings. The second kappa shape index (κ2) is 8.57. The molecule has 1 saturated carbocycles. The minimum atomic E-state index is -1.45. The smallest absolute Gasteiger partial charge is 0.341 e. The van der Waals surface area contributed by atoms with Crippen LogP contribution in [0.1, 0.15) is 41.2 Å². The third-order valence-electron chi connectivity index (χ3n) is 6.39. The summed E-state index contributed by atoms with van der Waals surface area (Å²) in [4.78, 5) is 40.7. The first kappa shape index (κ1) is 22.6. The highest BCUT2D eigenvalue weighted by Gasteiger charge is 2.33. The lowest BCUT2D eigenvalue weighted by molar-refractivity contribution is -0.385. The van der Waals surface area contributed by atoms with Crippen molar-refractivity contribution in [2.75, 3.05) is 18.0 Å². The molecule has 1 unspecified atom stereocenters. The summed E-state index contributed by atoms with van der Waals surface area (Å²) in [6.45, 7) is 0.469. The van der Waals surface area contributed by atoms with E-state index in [0.29, 0.717) is 31.4 Å². The van der Waals surface area contributed by atoms with Gasteiger partial charge < -0.3 is 14.6 Å². The van der Waals surface area contributed by atoms with Crippen LogP contribution < -0.4 is 10.3 Å². The van der Waals surface area contributed by atoms with Gasteiger partial charge in [-0.2, -0.15) is 0 Å². The molecule has 1 atom stereocenters. The van der Waals surface area contributed by atoms with Gasteiger partial charge in [0.1, 0.15) is 17.1 Å². The molecule has 180 valence electrons. The first-order chi connectivity index (χ1) is 16.8. The number of rotatable bonds is 6.